The Morgan fingerprint density at radius 2 is 1.15 bits per heavy atom. The first-order valence-corrected chi connectivity index (χ1v) is 8.35. The number of unbranched alkanes of at least 4 members (excludes halogenated alkanes) is 6. The Bertz CT molecular complexity index is 352. The molecule has 0 bridgehead atoms. The smallest absolute Gasteiger partial charge is 0.0380 e. The van der Waals surface area contributed by atoms with Gasteiger partial charge in [0, 0.05) is 11.4 Å². The average molecular weight is 276 g/mol. The molecule has 0 aliphatic carbocycles. The van der Waals surface area contributed by atoms with E-state index in [2.05, 4.69) is 26.0 Å². The third-order valence-electron chi connectivity index (χ3n) is 3.97. The summed E-state index contributed by atoms with van der Waals surface area (Å²) in [6.07, 6.45) is 12.3. The third-order valence-corrected chi connectivity index (χ3v) is 3.97. The van der Waals surface area contributed by atoms with Gasteiger partial charge in [-0.05, 0) is 48.9 Å². The third kappa shape index (κ3) is 5.85. The summed E-state index contributed by atoms with van der Waals surface area (Å²) in [5.74, 6) is 0. The summed E-state index contributed by atoms with van der Waals surface area (Å²) < 4.78 is 0. The number of rotatable bonds is 10. The van der Waals surface area contributed by atoms with Crippen molar-refractivity contribution in [3.05, 3.63) is 23.3 Å². The molecule has 0 aliphatic heterocycles. The van der Waals surface area contributed by atoms with E-state index in [-0.39, 0.29) is 0 Å². The first-order chi connectivity index (χ1) is 9.69. The molecule has 0 saturated heterocycles. The molecule has 0 aromatic heterocycles. The highest BCUT2D eigenvalue weighted by Crippen LogP contribution is 2.25. The van der Waals surface area contributed by atoms with Crippen LogP contribution in [-0.2, 0) is 12.8 Å². The summed E-state index contributed by atoms with van der Waals surface area (Å²) in [6, 6.07) is 4.13. The maximum atomic E-state index is 6.33. The molecule has 0 atom stereocenters. The average Bonchev–Trinajstić information content (AvgIpc) is 2.44. The summed E-state index contributed by atoms with van der Waals surface area (Å²) in [6.45, 7) is 4.48. The second-order valence-electron chi connectivity index (χ2n) is 5.87. The number of aryl methyl sites for hydroxylation is 2. The van der Waals surface area contributed by atoms with Gasteiger partial charge in [-0.2, -0.15) is 0 Å². The topological polar surface area (TPSA) is 52.0 Å². The van der Waals surface area contributed by atoms with Crippen molar-refractivity contribution in [2.75, 3.05) is 11.5 Å². The molecule has 0 unspecified atom stereocenters. The monoisotopic (exact) mass is 276 g/mol. The van der Waals surface area contributed by atoms with Gasteiger partial charge in [-0.3, -0.25) is 0 Å². The molecule has 0 radical (unpaired) electrons. The largest absolute Gasteiger partial charge is 0.399 e. The number of nitrogens with two attached hydrogens (primary N) is 2. The van der Waals surface area contributed by atoms with Crippen molar-refractivity contribution >= 4 is 11.4 Å². The van der Waals surface area contributed by atoms with Gasteiger partial charge < -0.3 is 11.5 Å². The number of hydrogen-bond acceptors (Lipinski definition) is 2. The quantitative estimate of drug-likeness (QED) is 0.461. The van der Waals surface area contributed by atoms with Crippen LogP contribution in [0.25, 0.3) is 0 Å². The first kappa shape index (κ1) is 16.9. The lowest BCUT2D eigenvalue weighted by Gasteiger charge is -2.13. The number of benzene rings is 1. The molecule has 0 aliphatic rings. The van der Waals surface area contributed by atoms with Crippen LogP contribution in [0.5, 0.6) is 0 Å². The van der Waals surface area contributed by atoms with Crippen molar-refractivity contribution in [3.63, 3.8) is 0 Å². The zero-order chi connectivity index (χ0) is 14.8. The van der Waals surface area contributed by atoms with Gasteiger partial charge in [0.05, 0.1) is 0 Å². The van der Waals surface area contributed by atoms with E-state index in [1.165, 1.54) is 62.5 Å². The molecule has 1 aromatic carbocycles. The van der Waals surface area contributed by atoms with Crippen molar-refractivity contribution in [2.45, 2.75) is 78.1 Å². The second-order valence-corrected chi connectivity index (χ2v) is 5.87. The van der Waals surface area contributed by atoms with Crippen LogP contribution in [0.15, 0.2) is 12.1 Å². The normalized spacial score (nSPS) is 10.9. The van der Waals surface area contributed by atoms with Crippen molar-refractivity contribution in [1.82, 2.24) is 0 Å². The minimum Gasteiger partial charge on any atom is -0.399 e. The van der Waals surface area contributed by atoms with Crippen LogP contribution >= 0.6 is 0 Å². The lowest BCUT2D eigenvalue weighted by atomic mass is 9.97. The minimum absolute atomic E-state index is 0.871. The van der Waals surface area contributed by atoms with E-state index in [9.17, 15) is 0 Å². The fraction of sp³-hybridized carbons (Fsp3) is 0.667. The number of hydrogen-bond donors (Lipinski definition) is 2. The lowest BCUT2D eigenvalue weighted by Crippen LogP contribution is -2.03. The summed E-state index contributed by atoms with van der Waals surface area (Å²) in [5.41, 5.74) is 16.7. The van der Waals surface area contributed by atoms with E-state index in [0.717, 1.165) is 24.2 Å². The molecule has 114 valence electrons. The minimum atomic E-state index is 0.871. The summed E-state index contributed by atoms with van der Waals surface area (Å²) >= 11 is 0. The van der Waals surface area contributed by atoms with Crippen LogP contribution in [0.3, 0.4) is 0 Å². The molecule has 1 aromatic rings. The molecular weight excluding hydrogens is 244 g/mol. The van der Waals surface area contributed by atoms with Gasteiger partial charge in [-0.25, -0.2) is 0 Å². The fourth-order valence-corrected chi connectivity index (χ4v) is 2.70. The van der Waals surface area contributed by atoms with E-state index >= 15 is 0 Å². The Hall–Kier alpha value is -1.18. The van der Waals surface area contributed by atoms with Gasteiger partial charge in [-0.1, -0.05) is 52.4 Å². The molecule has 20 heavy (non-hydrogen) atoms. The van der Waals surface area contributed by atoms with E-state index in [1.54, 1.807) is 0 Å². The maximum Gasteiger partial charge on any atom is 0.0380 e. The predicted molar refractivity (Wildman–Crippen MR) is 91.0 cm³/mol. The highest BCUT2D eigenvalue weighted by molar-refractivity contribution is 5.61. The number of nitrogen functional groups attached to an aromatic ring is 2. The van der Waals surface area contributed by atoms with Gasteiger partial charge in [0.15, 0.2) is 0 Å². The zero-order valence-electron chi connectivity index (χ0n) is 13.4. The molecular formula is C18H32N2. The molecule has 0 saturated carbocycles. The van der Waals surface area contributed by atoms with Gasteiger partial charge in [0.1, 0.15) is 0 Å². The van der Waals surface area contributed by atoms with Gasteiger partial charge in [-0.15, -0.1) is 0 Å². The second kappa shape index (κ2) is 9.68. The van der Waals surface area contributed by atoms with Crippen molar-refractivity contribution in [2.24, 2.45) is 0 Å². The lowest BCUT2D eigenvalue weighted by molar-refractivity contribution is 0.662. The van der Waals surface area contributed by atoms with Crippen LogP contribution in [0.1, 0.15) is 76.3 Å². The van der Waals surface area contributed by atoms with Gasteiger partial charge in [0.2, 0.25) is 0 Å². The molecule has 4 N–H and O–H groups in total. The highest BCUT2D eigenvalue weighted by atomic mass is 14.6. The fourth-order valence-electron chi connectivity index (χ4n) is 2.70. The van der Waals surface area contributed by atoms with Gasteiger partial charge >= 0.3 is 0 Å². The summed E-state index contributed by atoms with van der Waals surface area (Å²) in [4.78, 5) is 0. The van der Waals surface area contributed by atoms with E-state index < -0.39 is 0 Å². The predicted octanol–water partition coefficient (Wildman–Crippen LogP) is 5.10. The Morgan fingerprint density at radius 1 is 0.700 bits per heavy atom. The van der Waals surface area contributed by atoms with Crippen molar-refractivity contribution < 1.29 is 0 Å². The van der Waals surface area contributed by atoms with Crippen LogP contribution < -0.4 is 11.5 Å². The Balaban J connectivity index is 2.59. The van der Waals surface area contributed by atoms with Gasteiger partial charge in [0.25, 0.3) is 0 Å². The Labute approximate surface area is 124 Å². The van der Waals surface area contributed by atoms with Crippen LogP contribution in [0.4, 0.5) is 11.4 Å². The molecule has 2 nitrogen and oxygen atoms in total. The van der Waals surface area contributed by atoms with E-state index in [0.29, 0.717) is 0 Å². The SMILES string of the molecule is CCCCCCc1cc(N)cc(CCCCCC)c1N. The molecule has 0 spiro atoms. The Morgan fingerprint density at radius 3 is 1.55 bits per heavy atom. The maximum absolute atomic E-state index is 6.33. The molecule has 0 fully saturated rings. The van der Waals surface area contributed by atoms with Crippen molar-refractivity contribution in [1.29, 1.82) is 0 Å². The molecule has 2 heteroatoms. The molecule has 0 amide bonds. The zero-order valence-corrected chi connectivity index (χ0v) is 13.4. The molecule has 1 rings (SSSR count). The van der Waals surface area contributed by atoms with Crippen LogP contribution in [0.2, 0.25) is 0 Å². The van der Waals surface area contributed by atoms with E-state index in [4.69, 9.17) is 11.5 Å². The number of anilines is 2. The summed E-state index contributed by atoms with van der Waals surface area (Å²) in [5, 5.41) is 0. The van der Waals surface area contributed by atoms with Crippen molar-refractivity contribution in [3.8, 4) is 0 Å². The standard InChI is InChI=1S/C18H32N2/c1-3-5-7-9-11-15-13-17(19)14-16(18(15)20)12-10-8-6-4-2/h13-14H,3-12,19-20H2,1-2H3. The van der Waals surface area contributed by atoms with E-state index in [1.807, 2.05) is 0 Å². The first-order valence-electron chi connectivity index (χ1n) is 8.35. The van der Waals surface area contributed by atoms with Crippen LogP contribution in [-0.4, -0.2) is 0 Å². The van der Waals surface area contributed by atoms with Crippen LogP contribution in [0, 0.1) is 0 Å². The molecule has 0 heterocycles. The summed E-state index contributed by atoms with van der Waals surface area (Å²) in [7, 11) is 0. The Kier molecular flexibility index (Phi) is 8.17. The highest BCUT2D eigenvalue weighted by Gasteiger charge is 2.07.